The Morgan fingerprint density at radius 1 is 1.14 bits per heavy atom. The molecule has 0 radical (unpaired) electrons. The van der Waals surface area contributed by atoms with Crippen LogP contribution < -0.4 is 16.4 Å². The summed E-state index contributed by atoms with van der Waals surface area (Å²) >= 11 is 1.54. The molecule has 0 saturated heterocycles. The first kappa shape index (κ1) is 14.3. The average molecular weight is 315 g/mol. The number of benzene rings is 1. The van der Waals surface area contributed by atoms with Crippen molar-refractivity contribution in [1.29, 1.82) is 0 Å². The molecular weight excluding hydrogens is 302 g/mol. The van der Waals surface area contributed by atoms with Crippen LogP contribution in [0.5, 0.6) is 0 Å². The maximum absolute atomic E-state index is 12.3. The lowest BCUT2D eigenvalue weighted by molar-refractivity contribution is -0.122. The van der Waals surface area contributed by atoms with Crippen LogP contribution in [-0.2, 0) is 17.9 Å². The second-order valence-electron chi connectivity index (χ2n) is 4.73. The fourth-order valence-corrected chi connectivity index (χ4v) is 2.80. The van der Waals surface area contributed by atoms with Crippen molar-refractivity contribution < 1.29 is 4.79 Å². The molecule has 0 saturated carbocycles. The third kappa shape index (κ3) is 2.84. The Morgan fingerprint density at radius 2 is 1.91 bits per heavy atom. The van der Waals surface area contributed by atoms with Crippen molar-refractivity contribution in [3.8, 4) is 0 Å². The first-order chi connectivity index (χ1) is 10.6. The number of nitrogens with zero attached hydrogens (tertiary/aromatic N) is 1. The summed E-state index contributed by atoms with van der Waals surface area (Å²) in [5.41, 5.74) is -0.775. The lowest BCUT2D eigenvalue weighted by Crippen LogP contribution is -2.36. The molecule has 22 heavy (non-hydrogen) atoms. The minimum absolute atomic E-state index is 0.218. The maximum atomic E-state index is 12.3. The van der Waals surface area contributed by atoms with Crippen molar-refractivity contribution in [3.63, 3.8) is 0 Å². The minimum atomic E-state index is -0.388. The van der Waals surface area contributed by atoms with Crippen molar-refractivity contribution in [2.24, 2.45) is 0 Å². The predicted octanol–water partition coefficient (Wildman–Crippen LogP) is 1.07. The summed E-state index contributed by atoms with van der Waals surface area (Å²) in [6.45, 7) is 0.188. The van der Waals surface area contributed by atoms with Crippen LogP contribution in [-0.4, -0.2) is 15.7 Å². The summed E-state index contributed by atoms with van der Waals surface area (Å²) in [7, 11) is 0. The SMILES string of the molecule is O=C(Cn1[nH]c(=O)c2ccccc2c1=O)NCc1cccs1. The highest BCUT2D eigenvalue weighted by molar-refractivity contribution is 7.09. The van der Waals surface area contributed by atoms with Gasteiger partial charge in [0.25, 0.3) is 11.1 Å². The van der Waals surface area contributed by atoms with Crippen LogP contribution in [0.15, 0.2) is 51.4 Å². The fraction of sp³-hybridized carbons (Fsp3) is 0.133. The molecule has 1 aromatic carbocycles. The standard InChI is InChI=1S/C15H13N3O3S/c19-13(16-8-10-4-3-7-22-10)9-18-15(21)12-6-2-1-5-11(12)14(20)17-18/h1-7H,8-9H2,(H,16,19)(H,17,20). The molecule has 2 N–H and O–H groups in total. The molecule has 0 aliphatic carbocycles. The van der Waals surface area contributed by atoms with Gasteiger partial charge < -0.3 is 5.32 Å². The van der Waals surface area contributed by atoms with Crippen molar-refractivity contribution >= 4 is 28.0 Å². The lowest BCUT2D eigenvalue weighted by Gasteiger charge is -2.07. The van der Waals surface area contributed by atoms with Crippen molar-refractivity contribution in [2.45, 2.75) is 13.1 Å². The Bertz CT molecular complexity index is 925. The molecule has 0 fully saturated rings. The van der Waals surface area contributed by atoms with E-state index in [1.165, 1.54) is 11.3 Å². The van der Waals surface area contributed by atoms with Crippen LogP contribution in [0, 0.1) is 0 Å². The van der Waals surface area contributed by atoms with Crippen molar-refractivity contribution in [1.82, 2.24) is 15.1 Å². The number of hydrogen-bond acceptors (Lipinski definition) is 4. The van der Waals surface area contributed by atoms with Crippen molar-refractivity contribution in [2.75, 3.05) is 0 Å². The van der Waals surface area contributed by atoms with Gasteiger partial charge in [0.2, 0.25) is 5.91 Å². The molecule has 2 heterocycles. The quantitative estimate of drug-likeness (QED) is 0.755. The van der Waals surface area contributed by atoms with Gasteiger partial charge in [-0.3, -0.25) is 19.5 Å². The monoisotopic (exact) mass is 315 g/mol. The van der Waals surface area contributed by atoms with Gasteiger partial charge in [-0.1, -0.05) is 18.2 Å². The van der Waals surface area contributed by atoms with Gasteiger partial charge in [-0.2, -0.15) is 0 Å². The highest BCUT2D eigenvalue weighted by Crippen LogP contribution is 2.07. The van der Waals surface area contributed by atoms with E-state index >= 15 is 0 Å². The maximum Gasteiger partial charge on any atom is 0.273 e. The molecule has 7 heteroatoms. The summed E-state index contributed by atoms with van der Waals surface area (Å²) in [4.78, 5) is 37.1. The molecule has 0 atom stereocenters. The van der Waals surface area contributed by atoms with E-state index in [2.05, 4.69) is 10.4 Å². The molecule has 0 spiro atoms. The number of carbonyl (C=O) groups is 1. The van der Waals surface area contributed by atoms with Crippen LogP contribution >= 0.6 is 11.3 Å². The molecule has 0 aliphatic heterocycles. The van der Waals surface area contributed by atoms with Crippen LogP contribution in [0.4, 0.5) is 0 Å². The normalized spacial score (nSPS) is 10.7. The number of nitrogens with one attached hydrogen (secondary N) is 2. The van der Waals surface area contributed by atoms with E-state index in [0.29, 0.717) is 17.3 Å². The lowest BCUT2D eigenvalue weighted by atomic mass is 10.2. The molecule has 112 valence electrons. The highest BCUT2D eigenvalue weighted by atomic mass is 32.1. The number of fused-ring (bicyclic) bond motifs is 1. The number of thiophene rings is 1. The second-order valence-corrected chi connectivity index (χ2v) is 5.77. The molecule has 3 rings (SSSR count). The Morgan fingerprint density at radius 3 is 2.64 bits per heavy atom. The van der Waals surface area contributed by atoms with E-state index in [9.17, 15) is 14.4 Å². The van der Waals surface area contributed by atoms with Gasteiger partial charge in [0.1, 0.15) is 6.54 Å². The van der Waals surface area contributed by atoms with Crippen molar-refractivity contribution in [3.05, 3.63) is 67.4 Å². The Hall–Kier alpha value is -2.67. The van der Waals surface area contributed by atoms with Gasteiger partial charge in [0.15, 0.2) is 0 Å². The Kier molecular flexibility index (Phi) is 3.88. The minimum Gasteiger partial charge on any atom is -0.350 e. The largest absolute Gasteiger partial charge is 0.350 e. The van der Waals surface area contributed by atoms with E-state index in [0.717, 1.165) is 9.56 Å². The predicted molar refractivity (Wildman–Crippen MR) is 85.0 cm³/mol. The first-order valence-corrected chi connectivity index (χ1v) is 7.54. The van der Waals surface area contributed by atoms with E-state index in [4.69, 9.17) is 0 Å². The number of carbonyl (C=O) groups excluding carboxylic acids is 1. The highest BCUT2D eigenvalue weighted by Gasteiger charge is 2.09. The first-order valence-electron chi connectivity index (χ1n) is 6.66. The molecule has 6 nitrogen and oxygen atoms in total. The molecule has 0 bridgehead atoms. The summed E-state index contributed by atoms with van der Waals surface area (Å²) in [5.74, 6) is -0.332. The number of aromatic nitrogens is 2. The number of amides is 1. The van der Waals surface area contributed by atoms with E-state index < -0.39 is 0 Å². The van der Waals surface area contributed by atoms with Crippen LogP contribution in [0.1, 0.15) is 4.88 Å². The zero-order valence-electron chi connectivity index (χ0n) is 11.5. The molecular formula is C15H13N3O3S. The van der Waals surface area contributed by atoms with E-state index in [1.54, 1.807) is 24.3 Å². The second kappa shape index (κ2) is 5.98. The van der Waals surface area contributed by atoms with E-state index in [1.807, 2.05) is 17.5 Å². The zero-order valence-corrected chi connectivity index (χ0v) is 12.4. The van der Waals surface area contributed by atoms with Gasteiger partial charge >= 0.3 is 0 Å². The summed E-state index contributed by atoms with van der Waals surface area (Å²) in [6, 6.07) is 10.3. The van der Waals surface area contributed by atoms with Crippen LogP contribution in [0.2, 0.25) is 0 Å². The van der Waals surface area contributed by atoms with Crippen LogP contribution in [0.25, 0.3) is 10.8 Å². The fourth-order valence-electron chi connectivity index (χ4n) is 2.16. The van der Waals surface area contributed by atoms with Gasteiger partial charge in [0, 0.05) is 4.88 Å². The molecule has 2 aromatic heterocycles. The Labute approximate surface area is 129 Å². The summed E-state index contributed by atoms with van der Waals surface area (Å²) in [5, 5.41) is 7.70. The third-order valence-electron chi connectivity index (χ3n) is 3.23. The van der Waals surface area contributed by atoms with Gasteiger partial charge in [-0.15, -0.1) is 11.3 Å². The molecule has 3 aromatic rings. The molecule has 0 unspecified atom stereocenters. The zero-order chi connectivity index (χ0) is 15.5. The Balaban J connectivity index is 1.82. The topological polar surface area (TPSA) is 84.0 Å². The van der Waals surface area contributed by atoms with Gasteiger partial charge in [-0.25, -0.2) is 4.68 Å². The van der Waals surface area contributed by atoms with Crippen LogP contribution in [0.3, 0.4) is 0 Å². The number of rotatable bonds is 4. The van der Waals surface area contributed by atoms with Gasteiger partial charge in [0.05, 0.1) is 17.3 Å². The summed E-state index contributed by atoms with van der Waals surface area (Å²) < 4.78 is 1.04. The number of aromatic amines is 1. The van der Waals surface area contributed by atoms with E-state index in [-0.39, 0.29) is 23.6 Å². The van der Waals surface area contributed by atoms with Gasteiger partial charge in [-0.05, 0) is 23.6 Å². The summed E-state index contributed by atoms with van der Waals surface area (Å²) in [6.07, 6.45) is 0. The smallest absolute Gasteiger partial charge is 0.273 e. The molecule has 0 aliphatic rings. The number of H-pyrrole nitrogens is 1. The molecule has 1 amide bonds. The third-order valence-corrected chi connectivity index (χ3v) is 4.10. The average Bonchev–Trinajstić information content (AvgIpc) is 3.04. The number of hydrogen-bond donors (Lipinski definition) is 2.